The van der Waals surface area contributed by atoms with E-state index in [2.05, 4.69) is 36.1 Å². The maximum atomic E-state index is 9.28. The molecule has 0 bridgehead atoms. The lowest BCUT2D eigenvalue weighted by Gasteiger charge is -2.29. The number of nitrogens with zero attached hydrogens (tertiary/aromatic N) is 1. The predicted molar refractivity (Wildman–Crippen MR) is 106 cm³/mol. The van der Waals surface area contributed by atoms with Crippen LogP contribution in [0.5, 0.6) is 0 Å². The van der Waals surface area contributed by atoms with E-state index in [1.54, 1.807) is 0 Å². The van der Waals surface area contributed by atoms with Crippen LogP contribution in [0.15, 0.2) is 30.3 Å². The fraction of sp³-hybridized carbons (Fsp3) is 0.727. The minimum atomic E-state index is -1.27. The molecule has 1 unspecified atom stereocenters. The van der Waals surface area contributed by atoms with Crippen molar-refractivity contribution in [1.82, 2.24) is 4.90 Å². The van der Waals surface area contributed by atoms with E-state index in [1.165, 1.54) is 69.8 Å². The lowest BCUT2D eigenvalue weighted by atomic mass is 9.98. The quantitative estimate of drug-likeness (QED) is 0.334. The van der Waals surface area contributed by atoms with Crippen molar-refractivity contribution in [2.45, 2.75) is 89.9 Å². The normalized spacial score (nSPS) is 12.9. The summed E-state index contributed by atoms with van der Waals surface area (Å²) in [6.45, 7) is 2.55. The molecule has 1 atom stereocenters. The summed E-state index contributed by atoms with van der Waals surface area (Å²) in [7, 11) is 1.98. The molecule has 0 fully saturated rings. The summed E-state index contributed by atoms with van der Waals surface area (Å²) >= 11 is 0. The van der Waals surface area contributed by atoms with Gasteiger partial charge in [0.25, 0.3) is 0 Å². The third-order valence-corrected chi connectivity index (χ3v) is 5.00. The highest BCUT2D eigenvalue weighted by molar-refractivity contribution is 5.18. The molecule has 0 saturated heterocycles. The van der Waals surface area contributed by atoms with Gasteiger partial charge in [-0.1, -0.05) is 101 Å². The fourth-order valence-electron chi connectivity index (χ4n) is 3.53. The molecule has 25 heavy (non-hydrogen) atoms. The highest BCUT2D eigenvalue weighted by Gasteiger charge is 2.18. The molecule has 1 aromatic rings. The number of benzene rings is 1. The number of hydrogen-bond donors (Lipinski definition) is 2. The van der Waals surface area contributed by atoms with Crippen LogP contribution in [0.2, 0.25) is 0 Å². The van der Waals surface area contributed by atoms with Crippen LogP contribution in [0, 0.1) is 0 Å². The van der Waals surface area contributed by atoms with Crippen LogP contribution in [-0.4, -0.2) is 35.0 Å². The van der Waals surface area contributed by atoms with Crippen molar-refractivity contribution in [3.63, 3.8) is 0 Å². The molecule has 0 radical (unpaired) electrons. The summed E-state index contributed by atoms with van der Waals surface area (Å²) in [6, 6.07) is 10.7. The maximum Gasteiger partial charge on any atom is 0.164 e. The Balaban J connectivity index is 2.25. The lowest BCUT2D eigenvalue weighted by molar-refractivity contribution is -0.0642. The molecule has 144 valence electrons. The minimum absolute atomic E-state index is 0.261. The Morgan fingerprint density at radius 3 is 1.84 bits per heavy atom. The van der Waals surface area contributed by atoms with E-state index in [0.29, 0.717) is 0 Å². The van der Waals surface area contributed by atoms with E-state index >= 15 is 0 Å². The standard InChI is InChI=1S/C22H39NO2/c1-3-4-5-6-7-8-9-10-11-15-18-21(23(2)19-22(24)25)20-16-13-12-14-17-20/h12-14,16-17,21-22,24-25H,3-11,15,18-19H2,1-2H3. The summed E-state index contributed by atoms with van der Waals surface area (Å²) in [5.74, 6) is 0. The van der Waals surface area contributed by atoms with Crippen molar-refractivity contribution in [2.24, 2.45) is 0 Å². The third-order valence-electron chi connectivity index (χ3n) is 5.00. The number of likely N-dealkylation sites (N-methyl/N-ethyl adjacent to an activating group) is 1. The van der Waals surface area contributed by atoms with Gasteiger partial charge in [-0.2, -0.15) is 0 Å². The summed E-state index contributed by atoms with van der Waals surface area (Å²) in [6.07, 6.45) is 13.2. The van der Waals surface area contributed by atoms with Crippen LogP contribution in [0.3, 0.4) is 0 Å². The molecule has 3 nitrogen and oxygen atoms in total. The monoisotopic (exact) mass is 349 g/mol. The van der Waals surface area contributed by atoms with Crippen LogP contribution in [0.25, 0.3) is 0 Å². The first-order valence-electron chi connectivity index (χ1n) is 10.3. The maximum absolute atomic E-state index is 9.28. The van der Waals surface area contributed by atoms with E-state index in [-0.39, 0.29) is 12.6 Å². The zero-order valence-corrected chi connectivity index (χ0v) is 16.4. The number of aliphatic hydroxyl groups excluding tert-OH is 1. The molecule has 3 heteroatoms. The molecular weight excluding hydrogens is 310 g/mol. The van der Waals surface area contributed by atoms with Crippen molar-refractivity contribution in [1.29, 1.82) is 0 Å². The summed E-state index contributed by atoms with van der Waals surface area (Å²) in [4.78, 5) is 2.06. The molecule has 2 N–H and O–H groups in total. The SMILES string of the molecule is CCCCCCCCCCCCC(c1ccccc1)N(C)CC(O)O. The van der Waals surface area contributed by atoms with Gasteiger partial charge in [0.15, 0.2) is 6.29 Å². The summed E-state index contributed by atoms with van der Waals surface area (Å²) < 4.78 is 0. The van der Waals surface area contributed by atoms with E-state index in [4.69, 9.17) is 0 Å². The molecule has 0 aliphatic heterocycles. The first-order valence-corrected chi connectivity index (χ1v) is 10.3. The molecule has 0 aromatic heterocycles. The van der Waals surface area contributed by atoms with Crippen molar-refractivity contribution in [2.75, 3.05) is 13.6 Å². The number of aliphatic hydroxyl groups is 2. The second-order valence-electron chi connectivity index (χ2n) is 7.32. The van der Waals surface area contributed by atoms with Crippen LogP contribution in [0.1, 0.15) is 89.2 Å². The van der Waals surface area contributed by atoms with Crippen molar-refractivity contribution >= 4 is 0 Å². The Morgan fingerprint density at radius 1 is 0.800 bits per heavy atom. The average Bonchev–Trinajstić information content (AvgIpc) is 2.60. The number of rotatable bonds is 15. The second-order valence-corrected chi connectivity index (χ2v) is 7.32. The smallest absolute Gasteiger partial charge is 0.164 e. The van der Waals surface area contributed by atoms with Gasteiger partial charge in [-0.3, -0.25) is 4.90 Å². The molecule has 1 rings (SSSR count). The van der Waals surface area contributed by atoms with Crippen molar-refractivity contribution in [3.8, 4) is 0 Å². The second kappa shape index (κ2) is 14.3. The van der Waals surface area contributed by atoms with Gasteiger partial charge in [0.1, 0.15) is 0 Å². The molecule has 0 amide bonds. The molecule has 0 aliphatic carbocycles. The number of hydrogen-bond acceptors (Lipinski definition) is 3. The van der Waals surface area contributed by atoms with Gasteiger partial charge in [-0.25, -0.2) is 0 Å². The molecule has 0 heterocycles. The van der Waals surface area contributed by atoms with Gasteiger partial charge in [-0.15, -0.1) is 0 Å². The average molecular weight is 350 g/mol. The van der Waals surface area contributed by atoms with Gasteiger partial charge in [0.2, 0.25) is 0 Å². The zero-order chi connectivity index (χ0) is 18.3. The van der Waals surface area contributed by atoms with Crippen LogP contribution in [0.4, 0.5) is 0 Å². The van der Waals surface area contributed by atoms with Gasteiger partial charge in [-0.05, 0) is 19.0 Å². The fourth-order valence-corrected chi connectivity index (χ4v) is 3.53. The molecule has 1 aromatic carbocycles. The number of unbranched alkanes of at least 4 members (excludes halogenated alkanes) is 9. The van der Waals surface area contributed by atoms with Crippen molar-refractivity contribution < 1.29 is 10.2 Å². The molecule has 0 aliphatic rings. The third kappa shape index (κ3) is 10.6. The van der Waals surface area contributed by atoms with E-state index in [9.17, 15) is 10.2 Å². The highest BCUT2D eigenvalue weighted by atomic mass is 16.5. The Bertz CT molecular complexity index is 408. The van der Waals surface area contributed by atoms with Crippen LogP contribution in [-0.2, 0) is 0 Å². The predicted octanol–water partition coefficient (Wildman–Crippen LogP) is 5.28. The van der Waals surface area contributed by atoms with E-state index in [0.717, 1.165) is 6.42 Å². The summed E-state index contributed by atoms with van der Waals surface area (Å²) in [5, 5.41) is 18.6. The zero-order valence-electron chi connectivity index (χ0n) is 16.4. The topological polar surface area (TPSA) is 43.7 Å². The van der Waals surface area contributed by atoms with Gasteiger partial charge < -0.3 is 10.2 Å². The highest BCUT2D eigenvalue weighted by Crippen LogP contribution is 2.26. The van der Waals surface area contributed by atoms with Crippen LogP contribution >= 0.6 is 0 Å². The lowest BCUT2D eigenvalue weighted by Crippen LogP contribution is -2.32. The van der Waals surface area contributed by atoms with E-state index < -0.39 is 6.29 Å². The summed E-state index contributed by atoms with van der Waals surface area (Å²) in [5.41, 5.74) is 1.27. The molecule has 0 spiro atoms. The van der Waals surface area contributed by atoms with Gasteiger partial charge >= 0.3 is 0 Å². The Kier molecular flexibility index (Phi) is 12.7. The minimum Gasteiger partial charge on any atom is -0.367 e. The van der Waals surface area contributed by atoms with Crippen LogP contribution < -0.4 is 0 Å². The molecular formula is C22H39NO2. The van der Waals surface area contributed by atoms with Crippen molar-refractivity contribution in [3.05, 3.63) is 35.9 Å². The Morgan fingerprint density at radius 2 is 1.32 bits per heavy atom. The first kappa shape index (κ1) is 22.1. The Labute approximate surface area is 155 Å². The Hall–Kier alpha value is -0.900. The largest absolute Gasteiger partial charge is 0.367 e. The first-order chi connectivity index (χ1) is 12.1. The molecule has 0 saturated carbocycles. The van der Waals surface area contributed by atoms with Gasteiger partial charge in [0.05, 0.1) is 0 Å². The van der Waals surface area contributed by atoms with E-state index in [1.807, 2.05) is 13.1 Å². The van der Waals surface area contributed by atoms with Gasteiger partial charge in [0, 0.05) is 12.6 Å².